The predicted octanol–water partition coefficient (Wildman–Crippen LogP) is 3.73. The molecule has 0 saturated heterocycles. The van der Waals surface area contributed by atoms with Crippen LogP contribution in [-0.2, 0) is 4.74 Å². The normalized spacial score (nSPS) is 32.3. The Labute approximate surface area is 105 Å². The van der Waals surface area contributed by atoms with Gasteiger partial charge in [0, 0.05) is 5.54 Å². The molecule has 1 aliphatic rings. The van der Waals surface area contributed by atoms with Crippen molar-refractivity contribution < 1.29 is 9.53 Å². The van der Waals surface area contributed by atoms with Crippen molar-refractivity contribution in [2.24, 2.45) is 11.3 Å². The van der Waals surface area contributed by atoms with Gasteiger partial charge < -0.3 is 10.1 Å². The highest BCUT2D eigenvalue weighted by atomic mass is 16.6. The zero-order valence-corrected chi connectivity index (χ0v) is 12.3. The first-order chi connectivity index (χ1) is 7.48. The minimum absolute atomic E-state index is 0.101. The van der Waals surface area contributed by atoms with Gasteiger partial charge in [-0.05, 0) is 51.9 Å². The zero-order valence-electron chi connectivity index (χ0n) is 12.3. The monoisotopic (exact) mass is 241 g/mol. The first-order valence-electron chi connectivity index (χ1n) is 6.49. The quantitative estimate of drug-likeness (QED) is 0.759. The lowest BCUT2D eigenvalue weighted by molar-refractivity contribution is 0.0358. The van der Waals surface area contributed by atoms with Crippen molar-refractivity contribution in [1.29, 1.82) is 0 Å². The van der Waals surface area contributed by atoms with Crippen LogP contribution in [0.1, 0.15) is 61.3 Å². The molecule has 3 nitrogen and oxygen atoms in total. The number of alkyl carbamates (subject to hydrolysis) is 1. The van der Waals surface area contributed by atoms with E-state index in [1.165, 1.54) is 0 Å². The predicted molar refractivity (Wildman–Crippen MR) is 70.0 cm³/mol. The van der Waals surface area contributed by atoms with E-state index in [4.69, 9.17) is 4.74 Å². The second-order valence-corrected chi connectivity index (χ2v) is 7.12. The van der Waals surface area contributed by atoms with Gasteiger partial charge in [-0.1, -0.05) is 20.8 Å². The average Bonchev–Trinajstić information content (AvgIpc) is 2.26. The summed E-state index contributed by atoms with van der Waals surface area (Å²) in [6.07, 6.45) is 1.86. The van der Waals surface area contributed by atoms with Crippen LogP contribution in [0.4, 0.5) is 4.79 Å². The molecule has 0 bridgehead atoms. The van der Waals surface area contributed by atoms with E-state index in [9.17, 15) is 4.79 Å². The first-order valence-corrected chi connectivity index (χ1v) is 6.49. The minimum atomic E-state index is -0.436. The van der Waals surface area contributed by atoms with Crippen LogP contribution < -0.4 is 5.32 Å². The van der Waals surface area contributed by atoms with Gasteiger partial charge >= 0.3 is 6.09 Å². The summed E-state index contributed by atoms with van der Waals surface area (Å²) in [6, 6.07) is 0. The molecule has 1 aliphatic carbocycles. The highest BCUT2D eigenvalue weighted by molar-refractivity contribution is 5.69. The van der Waals surface area contributed by atoms with E-state index >= 15 is 0 Å². The highest BCUT2D eigenvalue weighted by Gasteiger charge is 2.50. The van der Waals surface area contributed by atoms with Crippen molar-refractivity contribution in [3.8, 4) is 0 Å². The van der Waals surface area contributed by atoms with Crippen molar-refractivity contribution in [2.45, 2.75) is 72.4 Å². The summed E-state index contributed by atoms with van der Waals surface area (Å²) in [6.45, 7) is 14.5. The SMILES string of the molecule is CC1CC[C@](C)(NC(=O)OC(C)(C)C)C1(C)C. The second kappa shape index (κ2) is 4.18. The van der Waals surface area contributed by atoms with Crippen LogP contribution >= 0.6 is 0 Å². The molecule has 0 spiro atoms. The maximum atomic E-state index is 11.9. The molecule has 0 aromatic carbocycles. The lowest BCUT2D eigenvalue weighted by Gasteiger charge is -2.41. The summed E-state index contributed by atoms with van der Waals surface area (Å²) < 4.78 is 5.34. The van der Waals surface area contributed by atoms with E-state index in [0.717, 1.165) is 12.8 Å². The van der Waals surface area contributed by atoms with Crippen LogP contribution in [0.15, 0.2) is 0 Å². The van der Waals surface area contributed by atoms with Gasteiger partial charge in [0.15, 0.2) is 0 Å². The Morgan fingerprint density at radius 2 is 1.82 bits per heavy atom. The number of carbonyl (C=O) groups excluding carboxylic acids is 1. The Morgan fingerprint density at radius 1 is 1.29 bits per heavy atom. The van der Waals surface area contributed by atoms with E-state index in [-0.39, 0.29) is 17.0 Å². The maximum Gasteiger partial charge on any atom is 0.408 e. The Morgan fingerprint density at radius 3 is 2.18 bits per heavy atom. The van der Waals surface area contributed by atoms with E-state index in [1.54, 1.807) is 0 Å². The molecule has 1 unspecified atom stereocenters. The summed E-state index contributed by atoms with van der Waals surface area (Å²) in [5.74, 6) is 0.613. The fraction of sp³-hybridized carbons (Fsp3) is 0.929. The van der Waals surface area contributed by atoms with Gasteiger partial charge in [-0.2, -0.15) is 0 Å². The molecule has 1 rings (SSSR count). The molecule has 0 aromatic rings. The molecular formula is C14H27NO2. The Bertz CT molecular complexity index is 304. The smallest absolute Gasteiger partial charge is 0.408 e. The van der Waals surface area contributed by atoms with Crippen molar-refractivity contribution >= 4 is 6.09 Å². The molecule has 0 aromatic heterocycles. The van der Waals surface area contributed by atoms with Crippen molar-refractivity contribution in [3.05, 3.63) is 0 Å². The summed E-state index contributed by atoms with van der Waals surface area (Å²) in [5, 5.41) is 3.07. The van der Waals surface area contributed by atoms with Gasteiger partial charge in [0.05, 0.1) is 0 Å². The van der Waals surface area contributed by atoms with Gasteiger partial charge in [0.2, 0.25) is 0 Å². The molecule has 3 heteroatoms. The van der Waals surface area contributed by atoms with Crippen LogP contribution in [-0.4, -0.2) is 17.2 Å². The van der Waals surface area contributed by atoms with Crippen molar-refractivity contribution in [2.75, 3.05) is 0 Å². The number of carbonyl (C=O) groups is 1. The molecule has 1 N–H and O–H groups in total. The Hall–Kier alpha value is -0.730. The van der Waals surface area contributed by atoms with Crippen LogP contribution in [0.25, 0.3) is 0 Å². The topological polar surface area (TPSA) is 38.3 Å². The summed E-state index contributed by atoms with van der Waals surface area (Å²) in [5.41, 5.74) is -0.506. The van der Waals surface area contributed by atoms with E-state index < -0.39 is 5.60 Å². The van der Waals surface area contributed by atoms with Crippen LogP contribution in [0.2, 0.25) is 0 Å². The van der Waals surface area contributed by atoms with Crippen LogP contribution in [0, 0.1) is 11.3 Å². The zero-order chi connectivity index (χ0) is 13.5. The van der Waals surface area contributed by atoms with E-state index in [2.05, 4.69) is 33.0 Å². The third-order valence-electron chi connectivity index (χ3n) is 4.51. The lowest BCUT2D eigenvalue weighted by Crippen LogP contribution is -2.55. The van der Waals surface area contributed by atoms with Gasteiger partial charge in [0.25, 0.3) is 0 Å². The summed E-state index contributed by atoms with van der Waals surface area (Å²) in [4.78, 5) is 11.9. The fourth-order valence-electron chi connectivity index (χ4n) is 2.48. The van der Waals surface area contributed by atoms with Gasteiger partial charge in [-0.25, -0.2) is 4.79 Å². The fourth-order valence-corrected chi connectivity index (χ4v) is 2.48. The largest absolute Gasteiger partial charge is 0.444 e. The Kier molecular flexibility index (Phi) is 3.52. The minimum Gasteiger partial charge on any atom is -0.444 e. The second-order valence-electron chi connectivity index (χ2n) is 7.12. The summed E-state index contributed by atoms with van der Waals surface area (Å²) in [7, 11) is 0. The molecule has 0 aliphatic heterocycles. The van der Waals surface area contributed by atoms with Gasteiger partial charge in [-0.3, -0.25) is 0 Å². The third-order valence-corrected chi connectivity index (χ3v) is 4.51. The molecule has 1 saturated carbocycles. The molecule has 0 radical (unpaired) electrons. The Balaban J connectivity index is 2.71. The van der Waals surface area contributed by atoms with E-state index in [1.807, 2.05) is 20.8 Å². The summed E-state index contributed by atoms with van der Waals surface area (Å²) >= 11 is 0. The molecule has 100 valence electrons. The molecular weight excluding hydrogens is 214 g/mol. The van der Waals surface area contributed by atoms with E-state index in [0.29, 0.717) is 5.92 Å². The van der Waals surface area contributed by atoms with Crippen molar-refractivity contribution in [3.63, 3.8) is 0 Å². The van der Waals surface area contributed by atoms with Gasteiger partial charge in [0.1, 0.15) is 5.60 Å². The number of hydrogen-bond acceptors (Lipinski definition) is 2. The van der Waals surface area contributed by atoms with Crippen molar-refractivity contribution in [1.82, 2.24) is 5.32 Å². The van der Waals surface area contributed by atoms with Gasteiger partial charge in [-0.15, -0.1) is 0 Å². The molecule has 0 heterocycles. The molecule has 1 amide bonds. The number of rotatable bonds is 1. The number of amides is 1. The average molecular weight is 241 g/mol. The molecule has 2 atom stereocenters. The highest BCUT2D eigenvalue weighted by Crippen LogP contribution is 2.49. The van der Waals surface area contributed by atoms with Crippen LogP contribution in [0.3, 0.4) is 0 Å². The molecule has 17 heavy (non-hydrogen) atoms. The molecule has 1 fully saturated rings. The lowest BCUT2D eigenvalue weighted by atomic mass is 9.72. The third kappa shape index (κ3) is 2.93. The van der Waals surface area contributed by atoms with Crippen LogP contribution in [0.5, 0.6) is 0 Å². The number of nitrogens with one attached hydrogen (secondary N) is 1. The first kappa shape index (κ1) is 14.3. The number of ether oxygens (including phenoxy) is 1. The number of hydrogen-bond donors (Lipinski definition) is 1. The maximum absolute atomic E-state index is 11.9. The standard InChI is InChI=1S/C14H27NO2/c1-10-8-9-14(7,13(10,5)6)15-11(16)17-12(2,3)4/h10H,8-9H2,1-7H3,(H,15,16)/t10?,14-/m0/s1.